The van der Waals surface area contributed by atoms with Crippen LogP contribution in [0, 0.1) is 5.92 Å². The highest BCUT2D eigenvalue weighted by Gasteiger charge is 2.35. The van der Waals surface area contributed by atoms with Gasteiger partial charge in [-0.25, -0.2) is 0 Å². The Morgan fingerprint density at radius 3 is 2.25 bits per heavy atom. The second-order valence-corrected chi connectivity index (χ2v) is 7.87. The van der Waals surface area contributed by atoms with E-state index in [4.69, 9.17) is 0 Å². The van der Waals surface area contributed by atoms with Crippen molar-refractivity contribution in [1.82, 2.24) is 10.2 Å². The van der Waals surface area contributed by atoms with Gasteiger partial charge in [-0.2, -0.15) is 0 Å². The SMILES string of the molecule is CC1CCC(NC(=O)c2cccc(CN3C(=O)c4ccccc4C3=O)c2)CC1. The third-order valence-electron chi connectivity index (χ3n) is 5.76. The minimum atomic E-state index is -0.285. The van der Waals surface area contributed by atoms with Crippen LogP contribution in [0.4, 0.5) is 0 Å². The zero-order valence-corrected chi connectivity index (χ0v) is 16.0. The summed E-state index contributed by atoms with van der Waals surface area (Å²) in [7, 11) is 0. The van der Waals surface area contributed by atoms with Gasteiger partial charge in [0.2, 0.25) is 0 Å². The van der Waals surface area contributed by atoms with Gasteiger partial charge in [0.25, 0.3) is 17.7 Å². The highest BCUT2D eigenvalue weighted by molar-refractivity contribution is 6.21. The van der Waals surface area contributed by atoms with Crippen molar-refractivity contribution in [3.63, 3.8) is 0 Å². The van der Waals surface area contributed by atoms with Crippen LogP contribution in [0.2, 0.25) is 0 Å². The van der Waals surface area contributed by atoms with Crippen LogP contribution in [0.3, 0.4) is 0 Å². The zero-order valence-electron chi connectivity index (χ0n) is 16.0. The lowest BCUT2D eigenvalue weighted by molar-refractivity contribution is 0.0642. The van der Waals surface area contributed by atoms with E-state index < -0.39 is 0 Å². The van der Waals surface area contributed by atoms with E-state index in [1.807, 2.05) is 6.07 Å². The minimum absolute atomic E-state index is 0.0937. The van der Waals surface area contributed by atoms with E-state index in [0.29, 0.717) is 16.7 Å². The molecule has 2 aromatic rings. The maximum Gasteiger partial charge on any atom is 0.261 e. The highest BCUT2D eigenvalue weighted by Crippen LogP contribution is 2.25. The van der Waals surface area contributed by atoms with Gasteiger partial charge in [0.1, 0.15) is 0 Å². The van der Waals surface area contributed by atoms with Crippen LogP contribution in [0.25, 0.3) is 0 Å². The molecule has 1 fully saturated rings. The minimum Gasteiger partial charge on any atom is -0.349 e. The molecule has 2 aliphatic rings. The summed E-state index contributed by atoms with van der Waals surface area (Å²) in [5, 5.41) is 3.12. The van der Waals surface area contributed by atoms with Crippen LogP contribution in [0.5, 0.6) is 0 Å². The predicted molar refractivity (Wildman–Crippen MR) is 106 cm³/mol. The molecule has 1 heterocycles. The molecule has 0 unspecified atom stereocenters. The molecule has 1 aliphatic carbocycles. The molecular weight excluding hydrogens is 352 g/mol. The molecule has 0 bridgehead atoms. The first kappa shape index (κ1) is 18.4. The van der Waals surface area contributed by atoms with E-state index in [0.717, 1.165) is 37.2 Å². The summed E-state index contributed by atoms with van der Waals surface area (Å²) in [6, 6.07) is 14.2. The Morgan fingerprint density at radius 2 is 1.61 bits per heavy atom. The number of nitrogens with zero attached hydrogens (tertiary/aromatic N) is 1. The second kappa shape index (κ2) is 7.58. The van der Waals surface area contributed by atoms with Crippen molar-refractivity contribution in [3.8, 4) is 0 Å². The Hall–Kier alpha value is -2.95. The first-order valence-electron chi connectivity index (χ1n) is 9.88. The van der Waals surface area contributed by atoms with Crippen LogP contribution < -0.4 is 5.32 Å². The quantitative estimate of drug-likeness (QED) is 0.826. The van der Waals surface area contributed by atoms with Gasteiger partial charge in [0, 0.05) is 11.6 Å². The molecule has 0 atom stereocenters. The summed E-state index contributed by atoms with van der Waals surface area (Å²) in [5.41, 5.74) is 2.20. The number of hydrogen-bond donors (Lipinski definition) is 1. The Balaban J connectivity index is 1.45. The van der Waals surface area contributed by atoms with Crippen molar-refractivity contribution in [2.75, 3.05) is 0 Å². The summed E-state index contributed by atoms with van der Waals surface area (Å²) in [4.78, 5) is 39.0. The number of hydrogen-bond acceptors (Lipinski definition) is 3. The van der Waals surface area contributed by atoms with Crippen molar-refractivity contribution in [2.24, 2.45) is 5.92 Å². The van der Waals surface area contributed by atoms with Crippen LogP contribution in [0.15, 0.2) is 48.5 Å². The molecule has 144 valence electrons. The van der Waals surface area contributed by atoms with Crippen molar-refractivity contribution in [3.05, 3.63) is 70.8 Å². The molecule has 0 spiro atoms. The van der Waals surface area contributed by atoms with Crippen LogP contribution in [0.1, 0.15) is 69.2 Å². The van der Waals surface area contributed by atoms with Crippen LogP contribution >= 0.6 is 0 Å². The van der Waals surface area contributed by atoms with E-state index in [2.05, 4.69) is 12.2 Å². The highest BCUT2D eigenvalue weighted by atomic mass is 16.2. The van der Waals surface area contributed by atoms with Crippen LogP contribution in [-0.4, -0.2) is 28.7 Å². The topological polar surface area (TPSA) is 66.5 Å². The smallest absolute Gasteiger partial charge is 0.261 e. The molecule has 0 aromatic heterocycles. The Labute approximate surface area is 164 Å². The van der Waals surface area contributed by atoms with Gasteiger partial charge in [-0.05, 0) is 61.4 Å². The largest absolute Gasteiger partial charge is 0.349 e. The zero-order chi connectivity index (χ0) is 19.7. The molecule has 1 N–H and O–H groups in total. The van der Waals surface area contributed by atoms with E-state index >= 15 is 0 Å². The number of fused-ring (bicyclic) bond motifs is 1. The Bertz CT molecular complexity index is 894. The fraction of sp³-hybridized carbons (Fsp3) is 0.348. The number of amides is 3. The molecular formula is C23H24N2O3. The molecule has 0 saturated heterocycles. The molecule has 5 nitrogen and oxygen atoms in total. The molecule has 2 aromatic carbocycles. The Morgan fingerprint density at radius 1 is 0.964 bits per heavy atom. The average Bonchev–Trinajstić information content (AvgIpc) is 2.95. The first-order valence-corrected chi connectivity index (χ1v) is 9.88. The second-order valence-electron chi connectivity index (χ2n) is 7.87. The summed E-state index contributed by atoms with van der Waals surface area (Å²) in [6.45, 7) is 2.41. The third kappa shape index (κ3) is 3.57. The third-order valence-corrected chi connectivity index (χ3v) is 5.76. The number of benzene rings is 2. The number of nitrogens with one attached hydrogen (secondary N) is 1. The normalized spacial score (nSPS) is 21.5. The first-order chi connectivity index (χ1) is 13.5. The molecule has 28 heavy (non-hydrogen) atoms. The van der Waals surface area contributed by atoms with E-state index in [-0.39, 0.29) is 30.3 Å². The van der Waals surface area contributed by atoms with Gasteiger partial charge in [-0.15, -0.1) is 0 Å². The Kier molecular flexibility index (Phi) is 4.99. The van der Waals surface area contributed by atoms with Crippen LogP contribution in [-0.2, 0) is 6.54 Å². The standard InChI is InChI=1S/C23H24N2O3/c1-15-9-11-18(12-10-15)24-21(26)17-6-4-5-16(13-17)14-25-22(27)19-7-2-3-8-20(19)23(25)28/h2-8,13,15,18H,9-12,14H2,1H3,(H,24,26). The lowest BCUT2D eigenvalue weighted by Crippen LogP contribution is -2.37. The van der Waals surface area contributed by atoms with E-state index in [9.17, 15) is 14.4 Å². The van der Waals surface area contributed by atoms with Gasteiger partial charge in [-0.3, -0.25) is 19.3 Å². The molecule has 0 radical (unpaired) electrons. The van der Waals surface area contributed by atoms with Gasteiger partial charge in [0.05, 0.1) is 17.7 Å². The van der Waals surface area contributed by atoms with E-state index in [1.54, 1.807) is 42.5 Å². The predicted octanol–water partition coefficient (Wildman–Crippen LogP) is 3.79. The summed E-state index contributed by atoms with van der Waals surface area (Å²) in [6.07, 6.45) is 4.32. The summed E-state index contributed by atoms with van der Waals surface area (Å²) < 4.78 is 0. The lowest BCUT2D eigenvalue weighted by Gasteiger charge is -2.27. The number of carbonyl (C=O) groups is 3. The number of carbonyl (C=O) groups excluding carboxylic acids is 3. The monoisotopic (exact) mass is 376 g/mol. The van der Waals surface area contributed by atoms with Gasteiger partial charge < -0.3 is 5.32 Å². The fourth-order valence-corrected chi connectivity index (χ4v) is 4.05. The number of rotatable bonds is 4. The molecule has 4 rings (SSSR count). The van der Waals surface area contributed by atoms with Crippen molar-refractivity contribution >= 4 is 17.7 Å². The van der Waals surface area contributed by atoms with Crippen molar-refractivity contribution in [2.45, 2.75) is 45.2 Å². The fourth-order valence-electron chi connectivity index (χ4n) is 4.05. The van der Waals surface area contributed by atoms with E-state index in [1.165, 1.54) is 4.90 Å². The summed E-state index contributed by atoms with van der Waals surface area (Å²) in [5.74, 6) is 0.0680. The van der Waals surface area contributed by atoms with Gasteiger partial charge in [-0.1, -0.05) is 31.2 Å². The molecule has 1 saturated carbocycles. The van der Waals surface area contributed by atoms with Crippen molar-refractivity contribution in [1.29, 1.82) is 0 Å². The summed E-state index contributed by atoms with van der Waals surface area (Å²) >= 11 is 0. The maximum absolute atomic E-state index is 12.6. The maximum atomic E-state index is 12.6. The lowest BCUT2D eigenvalue weighted by atomic mass is 9.87. The van der Waals surface area contributed by atoms with Gasteiger partial charge >= 0.3 is 0 Å². The van der Waals surface area contributed by atoms with Crippen molar-refractivity contribution < 1.29 is 14.4 Å². The molecule has 3 amide bonds. The van der Waals surface area contributed by atoms with Gasteiger partial charge in [0.15, 0.2) is 0 Å². The molecule has 5 heteroatoms. The molecule has 1 aliphatic heterocycles. The number of imide groups is 1. The average molecular weight is 376 g/mol.